The fraction of sp³-hybridized carbons (Fsp3) is 1.00. The highest BCUT2D eigenvalue weighted by Gasteiger charge is 2.31. The van der Waals surface area contributed by atoms with E-state index in [4.69, 9.17) is 0 Å². The smallest absolute Gasteiger partial charge is 0.0300 e. The van der Waals surface area contributed by atoms with Gasteiger partial charge >= 0.3 is 0 Å². The molecule has 98 valence electrons. The van der Waals surface area contributed by atoms with Crippen LogP contribution in [0.5, 0.6) is 0 Å². The molecule has 0 aromatic rings. The predicted octanol–water partition coefficient (Wildman–Crippen LogP) is 3.13. The van der Waals surface area contributed by atoms with E-state index < -0.39 is 0 Å². The van der Waals surface area contributed by atoms with Crippen LogP contribution in [0.15, 0.2) is 0 Å². The van der Waals surface area contributed by atoms with Crippen LogP contribution in [0, 0.1) is 5.92 Å². The fourth-order valence-electron chi connectivity index (χ4n) is 2.19. The summed E-state index contributed by atoms with van der Waals surface area (Å²) in [6, 6.07) is 0.578. The van der Waals surface area contributed by atoms with Crippen LogP contribution in [-0.4, -0.2) is 37.1 Å². The maximum absolute atomic E-state index is 3.65. The molecular weight excluding hydrogens is 196 g/mol. The van der Waals surface area contributed by atoms with E-state index in [1.807, 2.05) is 0 Å². The van der Waals surface area contributed by atoms with Crippen LogP contribution in [0.25, 0.3) is 0 Å². The number of rotatable bonds is 8. The second kappa shape index (κ2) is 7.29. The van der Waals surface area contributed by atoms with E-state index >= 15 is 0 Å². The van der Waals surface area contributed by atoms with E-state index in [2.05, 4.69) is 58.9 Å². The van der Waals surface area contributed by atoms with Gasteiger partial charge in [-0.3, -0.25) is 0 Å². The molecule has 0 rings (SSSR count). The van der Waals surface area contributed by atoms with Gasteiger partial charge in [0.2, 0.25) is 0 Å². The molecule has 0 bridgehead atoms. The van der Waals surface area contributed by atoms with E-state index in [1.54, 1.807) is 0 Å². The molecule has 1 N–H and O–H groups in total. The Morgan fingerprint density at radius 3 is 2.12 bits per heavy atom. The first-order valence-electron chi connectivity index (χ1n) is 6.77. The second-order valence-electron chi connectivity index (χ2n) is 5.79. The van der Waals surface area contributed by atoms with Crippen molar-refractivity contribution in [3.63, 3.8) is 0 Å². The zero-order valence-electron chi connectivity index (χ0n) is 12.4. The fourth-order valence-corrected chi connectivity index (χ4v) is 2.19. The minimum absolute atomic E-state index is 0.220. The molecule has 0 aliphatic carbocycles. The maximum Gasteiger partial charge on any atom is 0.0300 e. The quantitative estimate of drug-likeness (QED) is 0.686. The van der Waals surface area contributed by atoms with E-state index in [-0.39, 0.29) is 5.54 Å². The standard InChI is InChI=1S/C14H32N2/c1-8-10-12(3)11-13(15-9-2)14(4,5)16(6)7/h12-13,15H,8-11H2,1-7H3. The number of likely N-dealkylation sites (N-methyl/N-ethyl adjacent to an activating group) is 2. The van der Waals surface area contributed by atoms with Gasteiger partial charge in [0, 0.05) is 11.6 Å². The van der Waals surface area contributed by atoms with Crippen molar-refractivity contribution in [3.8, 4) is 0 Å². The summed E-state index contributed by atoms with van der Waals surface area (Å²) in [7, 11) is 4.35. The first kappa shape index (κ1) is 15.9. The van der Waals surface area contributed by atoms with Gasteiger partial charge < -0.3 is 10.2 Å². The number of nitrogens with one attached hydrogen (secondary N) is 1. The molecule has 0 heterocycles. The van der Waals surface area contributed by atoms with Gasteiger partial charge in [-0.15, -0.1) is 0 Å². The lowest BCUT2D eigenvalue weighted by Gasteiger charge is -2.41. The summed E-state index contributed by atoms with van der Waals surface area (Å²) in [4.78, 5) is 2.33. The molecule has 16 heavy (non-hydrogen) atoms. The van der Waals surface area contributed by atoms with Crippen molar-refractivity contribution in [1.82, 2.24) is 10.2 Å². The number of hydrogen-bond donors (Lipinski definition) is 1. The SMILES string of the molecule is CCCC(C)CC(NCC)C(C)(C)N(C)C. The topological polar surface area (TPSA) is 15.3 Å². The Morgan fingerprint density at radius 2 is 1.75 bits per heavy atom. The van der Waals surface area contributed by atoms with Crippen molar-refractivity contribution in [3.05, 3.63) is 0 Å². The molecule has 2 heteroatoms. The van der Waals surface area contributed by atoms with Crippen molar-refractivity contribution in [1.29, 1.82) is 0 Å². The molecule has 0 spiro atoms. The van der Waals surface area contributed by atoms with Crippen LogP contribution in [0.1, 0.15) is 53.9 Å². The highest BCUT2D eigenvalue weighted by Crippen LogP contribution is 2.23. The van der Waals surface area contributed by atoms with E-state index in [0.717, 1.165) is 12.5 Å². The van der Waals surface area contributed by atoms with Crippen molar-refractivity contribution in [2.45, 2.75) is 65.5 Å². The summed E-state index contributed by atoms with van der Waals surface area (Å²) >= 11 is 0. The third-order valence-electron chi connectivity index (χ3n) is 3.88. The molecule has 0 aliphatic rings. The zero-order valence-corrected chi connectivity index (χ0v) is 12.4. The Morgan fingerprint density at radius 1 is 1.19 bits per heavy atom. The van der Waals surface area contributed by atoms with Gasteiger partial charge in [0.05, 0.1) is 0 Å². The Kier molecular flexibility index (Phi) is 7.25. The maximum atomic E-state index is 3.65. The van der Waals surface area contributed by atoms with E-state index in [9.17, 15) is 0 Å². The number of hydrogen-bond acceptors (Lipinski definition) is 2. The predicted molar refractivity (Wildman–Crippen MR) is 73.9 cm³/mol. The van der Waals surface area contributed by atoms with Gasteiger partial charge in [-0.05, 0) is 46.8 Å². The summed E-state index contributed by atoms with van der Waals surface area (Å²) in [5, 5.41) is 3.65. The van der Waals surface area contributed by atoms with Gasteiger partial charge in [-0.1, -0.05) is 33.6 Å². The summed E-state index contributed by atoms with van der Waals surface area (Å²) in [6.45, 7) is 12.6. The molecule has 0 aromatic heterocycles. The highest BCUT2D eigenvalue weighted by atomic mass is 15.2. The van der Waals surface area contributed by atoms with Crippen molar-refractivity contribution < 1.29 is 0 Å². The normalized spacial score (nSPS) is 16.5. The van der Waals surface area contributed by atoms with Crippen LogP contribution in [0.2, 0.25) is 0 Å². The number of nitrogens with zero attached hydrogens (tertiary/aromatic N) is 1. The molecule has 0 saturated carbocycles. The van der Waals surface area contributed by atoms with Gasteiger partial charge in [-0.2, -0.15) is 0 Å². The summed E-state index contributed by atoms with van der Waals surface area (Å²) < 4.78 is 0. The lowest BCUT2D eigenvalue weighted by atomic mass is 9.85. The van der Waals surface area contributed by atoms with Crippen LogP contribution in [0.4, 0.5) is 0 Å². The Labute approximate surface area is 103 Å². The highest BCUT2D eigenvalue weighted by molar-refractivity contribution is 4.91. The van der Waals surface area contributed by atoms with Gasteiger partial charge in [0.25, 0.3) is 0 Å². The first-order valence-corrected chi connectivity index (χ1v) is 6.77. The molecule has 0 aliphatic heterocycles. The van der Waals surface area contributed by atoms with Crippen molar-refractivity contribution in [2.75, 3.05) is 20.6 Å². The second-order valence-corrected chi connectivity index (χ2v) is 5.79. The molecule has 2 unspecified atom stereocenters. The van der Waals surface area contributed by atoms with Gasteiger partial charge in [-0.25, -0.2) is 0 Å². The lowest BCUT2D eigenvalue weighted by Crippen LogP contribution is -2.55. The molecule has 0 saturated heterocycles. The monoisotopic (exact) mass is 228 g/mol. The Bertz CT molecular complexity index is 176. The summed E-state index contributed by atoms with van der Waals surface area (Å²) in [5.41, 5.74) is 0.220. The van der Waals surface area contributed by atoms with Crippen molar-refractivity contribution in [2.24, 2.45) is 5.92 Å². The van der Waals surface area contributed by atoms with Crippen LogP contribution in [-0.2, 0) is 0 Å². The average molecular weight is 228 g/mol. The van der Waals surface area contributed by atoms with E-state index in [0.29, 0.717) is 6.04 Å². The molecule has 2 nitrogen and oxygen atoms in total. The molecular formula is C14H32N2. The van der Waals surface area contributed by atoms with Crippen LogP contribution in [0.3, 0.4) is 0 Å². The van der Waals surface area contributed by atoms with Crippen LogP contribution < -0.4 is 5.32 Å². The molecule has 0 amide bonds. The Balaban J connectivity index is 4.47. The lowest BCUT2D eigenvalue weighted by molar-refractivity contribution is 0.122. The largest absolute Gasteiger partial charge is 0.312 e. The zero-order chi connectivity index (χ0) is 12.8. The molecule has 0 fully saturated rings. The molecule has 0 aromatic carbocycles. The van der Waals surface area contributed by atoms with Crippen LogP contribution >= 0.6 is 0 Å². The first-order chi connectivity index (χ1) is 7.36. The van der Waals surface area contributed by atoms with Crippen molar-refractivity contribution >= 4 is 0 Å². The average Bonchev–Trinajstić information content (AvgIpc) is 2.17. The van der Waals surface area contributed by atoms with Gasteiger partial charge in [0.15, 0.2) is 0 Å². The van der Waals surface area contributed by atoms with E-state index in [1.165, 1.54) is 19.3 Å². The molecule has 0 radical (unpaired) electrons. The summed E-state index contributed by atoms with van der Waals surface area (Å²) in [6.07, 6.45) is 3.90. The third kappa shape index (κ3) is 4.84. The minimum Gasteiger partial charge on any atom is -0.312 e. The van der Waals surface area contributed by atoms with Gasteiger partial charge in [0.1, 0.15) is 0 Å². The Hall–Kier alpha value is -0.0800. The summed E-state index contributed by atoms with van der Waals surface area (Å²) in [5.74, 6) is 0.813. The minimum atomic E-state index is 0.220. The molecule has 2 atom stereocenters. The third-order valence-corrected chi connectivity index (χ3v) is 3.88.